The van der Waals surface area contributed by atoms with Gasteiger partial charge in [-0.05, 0) is 0 Å². The SMILES string of the molecule is BC1CCCCCCCCCCCCCCC1. The molecule has 0 unspecified atom stereocenters. The molecule has 1 fully saturated rings. The fourth-order valence-electron chi connectivity index (χ4n) is 3.07. The summed E-state index contributed by atoms with van der Waals surface area (Å²) in [4.78, 5) is 0. The molecule has 0 aliphatic heterocycles. The topological polar surface area (TPSA) is 0 Å². The first kappa shape index (κ1) is 15.1. The number of hydrogen-bond donors (Lipinski definition) is 0. The fraction of sp³-hybridized carbons (Fsp3) is 1.00. The van der Waals surface area contributed by atoms with Gasteiger partial charge in [0.05, 0.1) is 0 Å². The number of rotatable bonds is 0. The molecule has 0 aromatic heterocycles. The van der Waals surface area contributed by atoms with E-state index >= 15 is 0 Å². The molecule has 0 heterocycles. The molecule has 1 aliphatic carbocycles. The third-order valence-corrected chi connectivity index (χ3v) is 4.39. The largest absolute Gasteiger partial charge is 0.105 e. The van der Waals surface area contributed by atoms with Crippen molar-refractivity contribution in [2.75, 3.05) is 0 Å². The first-order chi connectivity index (χ1) is 8.39. The maximum absolute atomic E-state index is 2.46. The predicted octanol–water partition coefficient (Wildman–Crippen LogP) is 5.27. The van der Waals surface area contributed by atoms with Gasteiger partial charge >= 0.3 is 0 Å². The van der Waals surface area contributed by atoms with Crippen LogP contribution in [0.3, 0.4) is 0 Å². The lowest BCUT2D eigenvalue weighted by Gasteiger charge is -2.11. The number of hydrogen-bond acceptors (Lipinski definition) is 0. The van der Waals surface area contributed by atoms with Crippen LogP contribution < -0.4 is 0 Å². The first-order valence-corrected chi connectivity index (χ1v) is 8.39. The van der Waals surface area contributed by atoms with Crippen LogP contribution in [-0.2, 0) is 0 Å². The molecule has 1 heteroatoms. The van der Waals surface area contributed by atoms with Crippen LogP contribution in [0.15, 0.2) is 0 Å². The standard InChI is InChI=1S/C16H33B/c17-16-14-12-10-8-6-4-2-1-3-5-7-9-11-13-15-16/h16H,1-15,17H2. The van der Waals surface area contributed by atoms with Gasteiger partial charge in [-0.2, -0.15) is 0 Å². The molecule has 1 aliphatic rings. The Hall–Kier alpha value is 0.0649. The Balaban J connectivity index is 2.09. The van der Waals surface area contributed by atoms with Gasteiger partial charge in [0, 0.05) is 0 Å². The van der Waals surface area contributed by atoms with Crippen LogP contribution in [-0.4, -0.2) is 7.85 Å². The molecule has 1 rings (SSSR count). The van der Waals surface area contributed by atoms with Crippen LogP contribution in [0.4, 0.5) is 0 Å². The molecule has 0 N–H and O–H groups in total. The summed E-state index contributed by atoms with van der Waals surface area (Å²) in [7, 11) is 2.46. The van der Waals surface area contributed by atoms with Crippen molar-refractivity contribution in [3.8, 4) is 0 Å². The van der Waals surface area contributed by atoms with Gasteiger partial charge in [-0.25, -0.2) is 0 Å². The molecule has 17 heavy (non-hydrogen) atoms. The third kappa shape index (κ3) is 9.74. The summed E-state index contributed by atoms with van der Waals surface area (Å²) in [5.74, 6) is 0.989. The highest BCUT2D eigenvalue weighted by atomic mass is 14.1. The van der Waals surface area contributed by atoms with Crippen molar-refractivity contribution < 1.29 is 0 Å². The normalized spacial score (nSPS) is 24.5. The van der Waals surface area contributed by atoms with Crippen molar-refractivity contribution in [3.63, 3.8) is 0 Å². The summed E-state index contributed by atoms with van der Waals surface area (Å²) in [5.41, 5.74) is 0. The van der Waals surface area contributed by atoms with E-state index in [0.717, 1.165) is 5.82 Å². The average molecular weight is 236 g/mol. The molecule has 100 valence electrons. The van der Waals surface area contributed by atoms with Crippen LogP contribution in [0.1, 0.15) is 96.3 Å². The zero-order valence-corrected chi connectivity index (χ0v) is 12.2. The highest BCUT2D eigenvalue weighted by molar-refractivity contribution is 6.11. The van der Waals surface area contributed by atoms with Gasteiger partial charge in [0.1, 0.15) is 7.85 Å². The molecule has 0 aromatic rings. The van der Waals surface area contributed by atoms with Crippen molar-refractivity contribution >= 4 is 7.85 Å². The highest BCUT2D eigenvalue weighted by Crippen LogP contribution is 2.21. The zero-order chi connectivity index (χ0) is 12.2. The van der Waals surface area contributed by atoms with Crippen LogP contribution in [0, 0.1) is 0 Å². The Morgan fingerprint density at radius 1 is 0.412 bits per heavy atom. The molecule has 0 saturated heterocycles. The van der Waals surface area contributed by atoms with Gasteiger partial charge in [-0.15, -0.1) is 0 Å². The molecule has 0 bridgehead atoms. The van der Waals surface area contributed by atoms with Crippen molar-refractivity contribution in [2.24, 2.45) is 0 Å². The Bertz CT molecular complexity index is 140. The van der Waals surface area contributed by atoms with E-state index in [1.807, 2.05) is 0 Å². The van der Waals surface area contributed by atoms with Gasteiger partial charge in [0.15, 0.2) is 0 Å². The molecule has 0 nitrogen and oxygen atoms in total. The molecule has 1 saturated carbocycles. The Kier molecular flexibility index (Phi) is 9.94. The molecular formula is C16H33B. The van der Waals surface area contributed by atoms with Crippen molar-refractivity contribution in [1.29, 1.82) is 0 Å². The zero-order valence-electron chi connectivity index (χ0n) is 12.2. The summed E-state index contributed by atoms with van der Waals surface area (Å²) >= 11 is 0. The van der Waals surface area contributed by atoms with E-state index < -0.39 is 0 Å². The van der Waals surface area contributed by atoms with Crippen LogP contribution in [0.25, 0.3) is 0 Å². The van der Waals surface area contributed by atoms with Crippen LogP contribution in [0.5, 0.6) is 0 Å². The van der Waals surface area contributed by atoms with E-state index in [2.05, 4.69) is 7.85 Å². The molecule has 0 amide bonds. The maximum atomic E-state index is 2.46. The predicted molar refractivity (Wildman–Crippen MR) is 81.5 cm³/mol. The first-order valence-electron chi connectivity index (χ1n) is 8.39. The van der Waals surface area contributed by atoms with Gasteiger partial charge < -0.3 is 0 Å². The smallest absolute Gasteiger partial charge is 0.0697 e. The molecule has 0 atom stereocenters. The van der Waals surface area contributed by atoms with E-state index in [4.69, 9.17) is 0 Å². The lowest BCUT2D eigenvalue weighted by molar-refractivity contribution is 0.504. The van der Waals surface area contributed by atoms with Gasteiger partial charge in [0.25, 0.3) is 0 Å². The Labute approximate surface area is 110 Å². The second-order valence-electron chi connectivity index (χ2n) is 6.28. The lowest BCUT2D eigenvalue weighted by atomic mass is 9.79. The Morgan fingerprint density at radius 2 is 0.647 bits per heavy atom. The summed E-state index contributed by atoms with van der Waals surface area (Å²) < 4.78 is 0. The minimum absolute atomic E-state index is 0.989. The van der Waals surface area contributed by atoms with Crippen molar-refractivity contribution in [3.05, 3.63) is 0 Å². The third-order valence-electron chi connectivity index (χ3n) is 4.39. The quantitative estimate of drug-likeness (QED) is 0.502. The molecular weight excluding hydrogens is 203 g/mol. The summed E-state index contributed by atoms with van der Waals surface area (Å²) in [5, 5.41) is 0. The van der Waals surface area contributed by atoms with E-state index in [-0.39, 0.29) is 0 Å². The average Bonchev–Trinajstić information content (AvgIpc) is 2.32. The van der Waals surface area contributed by atoms with Gasteiger partial charge in [-0.3, -0.25) is 0 Å². The van der Waals surface area contributed by atoms with E-state index in [1.165, 1.54) is 96.3 Å². The highest BCUT2D eigenvalue weighted by Gasteiger charge is 2.02. The van der Waals surface area contributed by atoms with Crippen molar-refractivity contribution in [1.82, 2.24) is 0 Å². The second kappa shape index (κ2) is 11.2. The van der Waals surface area contributed by atoms with Crippen molar-refractivity contribution in [2.45, 2.75) is 102 Å². The maximum Gasteiger partial charge on any atom is 0.105 e. The van der Waals surface area contributed by atoms with E-state index in [1.54, 1.807) is 0 Å². The van der Waals surface area contributed by atoms with Crippen LogP contribution >= 0.6 is 0 Å². The van der Waals surface area contributed by atoms with E-state index in [0.29, 0.717) is 0 Å². The summed E-state index contributed by atoms with van der Waals surface area (Å²) in [6.07, 6.45) is 22.4. The summed E-state index contributed by atoms with van der Waals surface area (Å²) in [6, 6.07) is 0. The molecule has 0 radical (unpaired) electrons. The lowest BCUT2D eigenvalue weighted by Crippen LogP contribution is -1.94. The van der Waals surface area contributed by atoms with Gasteiger partial charge in [0.2, 0.25) is 0 Å². The van der Waals surface area contributed by atoms with Crippen LogP contribution in [0.2, 0.25) is 5.82 Å². The monoisotopic (exact) mass is 236 g/mol. The summed E-state index contributed by atoms with van der Waals surface area (Å²) in [6.45, 7) is 0. The minimum atomic E-state index is 0.989. The Morgan fingerprint density at radius 3 is 0.941 bits per heavy atom. The van der Waals surface area contributed by atoms with E-state index in [9.17, 15) is 0 Å². The molecule has 0 aromatic carbocycles. The minimum Gasteiger partial charge on any atom is -0.0697 e. The van der Waals surface area contributed by atoms with Gasteiger partial charge in [-0.1, -0.05) is 102 Å². The molecule has 0 spiro atoms. The fourth-order valence-corrected chi connectivity index (χ4v) is 3.07. The second-order valence-corrected chi connectivity index (χ2v) is 6.28.